The number of benzene rings is 1. The number of hydrogen-bond donors (Lipinski definition) is 0. The maximum atomic E-state index is 12.3. The lowest BCUT2D eigenvalue weighted by Crippen LogP contribution is -2.17. The summed E-state index contributed by atoms with van der Waals surface area (Å²) in [5.74, 6) is -0.392. The maximum Gasteiger partial charge on any atom is 0.573 e. The largest absolute Gasteiger partial charge is 0.573 e. The molecule has 2 rings (SSSR count). The Labute approximate surface area is 106 Å². The first-order valence-corrected chi connectivity index (χ1v) is 5.24. The number of aromatic nitrogens is 2. The van der Waals surface area contributed by atoms with Crippen LogP contribution >= 0.6 is 0 Å². The van der Waals surface area contributed by atoms with E-state index in [0.29, 0.717) is 6.29 Å². The van der Waals surface area contributed by atoms with Crippen molar-refractivity contribution >= 4 is 6.29 Å². The molecule has 0 spiro atoms. The van der Waals surface area contributed by atoms with Gasteiger partial charge < -0.3 is 4.74 Å². The third kappa shape index (κ3) is 2.93. The number of carbonyl (C=O) groups is 1. The molecule has 1 heterocycles. The Bertz CT molecular complexity index is 605. The number of aldehydes is 1. The Morgan fingerprint density at radius 2 is 2.00 bits per heavy atom. The first-order chi connectivity index (χ1) is 8.90. The second-order valence-corrected chi connectivity index (χ2v) is 3.77. The van der Waals surface area contributed by atoms with Crippen LogP contribution in [0.2, 0.25) is 0 Å². The van der Waals surface area contributed by atoms with Crippen molar-refractivity contribution < 1.29 is 22.7 Å². The highest BCUT2D eigenvalue weighted by Gasteiger charge is 2.32. The first kappa shape index (κ1) is 13.1. The second-order valence-electron chi connectivity index (χ2n) is 3.77. The van der Waals surface area contributed by atoms with Gasteiger partial charge in [-0.15, -0.1) is 13.2 Å². The first-order valence-electron chi connectivity index (χ1n) is 5.24. The third-order valence-electron chi connectivity index (χ3n) is 2.35. The molecule has 0 amide bonds. The van der Waals surface area contributed by atoms with Crippen molar-refractivity contribution in [2.45, 2.75) is 6.36 Å². The third-order valence-corrected chi connectivity index (χ3v) is 2.35. The van der Waals surface area contributed by atoms with Gasteiger partial charge in [0.25, 0.3) is 0 Å². The predicted molar refractivity (Wildman–Crippen MR) is 60.7 cm³/mol. The molecule has 19 heavy (non-hydrogen) atoms. The molecule has 0 bridgehead atoms. The summed E-state index contributed by atoms with van der Waals surface area (Å²) in [6, 6.07) is 5.54. The van der Waals surface area contributed by atoms with E-state index in [0.717, 1.165) is 0 Å². The summed E-state index contributed by atoms with van der Waals surface area (Å²) in [6.07, 6.45) is -2.84. The highest BCUT2D eigenvalue weighted by Crippen LogP contribution is 2.33. The highest BCUT2D eigenvalue weighted by atomic mass is 19.4. The summed E-state index contributed by atoms with van der Waals surface area (Å²) in [4.78, 5) is 10.9. The van der Waals surface area contributed by atoms with E-state index in [-0.39, 0.29) is 16.8 Å². The highest BCUT2D eigenvalue weighted by molar-refractivity contribution is 5.87. The van der Waals surface area contributed by atoms with Crippen LogP contribution in [0.3, 0.4) is 0 Å². The van der Waals surface area contributed by atoms with Crippen LogP contribution in [-0.4, -0.2) is 22.4 Å². The van der Waals surface area contributed by atoms with Crippen molar-refractivity contribution in [1.82, 2.24) is 9.78 Å². The molecule has 4 nitrogen and oxygen atoms in total. The lowest BCUT2D eigenvalue weighted by molar-refractivity contribution is -0.274. The molecule has 0 N–H and O–H groups in total. The Balaban J connectivity index is 2.53. The molecular weight excluding hydrogens is 261 g/mol. The van der Waals surface area contributed by atoms with E-state index in [4.69, 9.17) is 0 Å². The van der Waals surface area contributed by atoms with Gasteiger partial charge in [0, 0.05) is 18.8 Å². The molecule has 0 atom stereocenters. The molecule has 0 unspecified atom stereocenters. The molecule has 2 aromatic rings. The van der Waals surface area contributed by atoms with E-state index in [1.165, 1.54) is 29.1 Å². The lowest BCUT2D eigenvalue weighted by atomic mass is 10.1. The van der Waals surface area contributed by atoms with Crippen molar-refractivity contribution in [3.63, 3.8) is 0 Å². The molecule has 0 aliphatic rings. The Morgan fingerprint density at radius 1 is 1.32 bits per heavy atom. The van der Waals surface area contributed by atoms with Gasteiger partial charge in [-0.2, -0.15) is 5.10 Å². The van der Waals surface area contributed by atoms with Crippen LogP contribution in [0.15, 0.2) is 30.5 Å². The number of aryl methyl sites for hydroxylation is 1. The lowest BCUT2D eigenvalue weighted by Gasteiger charge is -2.12. The number of para-hydroxylation sites is 1. The van der Waals surface area contributed by atoms with E-state index in [9.17, 15) is 18.0 Å². The zero-order valence-electron chi connectivity index (χ0n) is 9.81. The van der Waals surface area contributed by atoms with Crippen LogP contribution < -0.4 is 4.74 Å². The van der Waals surface area contributed by atoms with Crippen molar-refractivity contribution in [1.29, 1.82) is 0 Å². The summed E-state index contributed by atoms with van der Waals surface area (Å²) in [7, 11) is 1.57. The number of rotatable bonds is 3. The normalized spacial score (nSPS) is 11.4. The fourth-order valence-corrected chi connectivity index (χ4v) is 1.68. The van der Waals surface area contributed by atoms with Gasteiger partial charge in [-0.05, 0) is 12.1 Å². The molecular formula is C12H9F3N2O2. The van der Waals surface area contributed by atoms with Crippen LogP contribution in [0, 0.1) is 0 Å². The van der Waals surface area contributed by atoms with Gasteiger partial charge in [0.1, 0.15) is 11.4 Å². The summed E-state index contributed by atoms with van der Waals surface area (Å²) < 4.78 is 42.2. The monoisotopic (exact) mass is 270 g/mol. The van der Waals surface area contributed by atoms with Crippen molar-refractivity contribution in [2.75, 3.05) is 0 Å². The van der Waals surface area contributed by atoms with Crippen LogP contribution in [0.1, 0.15) is 10.4 Å². The smallest absolute Gasteiger partial charge is 0.405 e. The molecule has 0 saturated carbocycles. The fourth-order valence-electron chi connectivity index (χ4n) is 1.68. The standard InChI is InChI=1S/C12H9F3N2O2/c1-17-6-8(7-18)11(16-17)9-4-2-3-5-10(9)19-12(13,14)15/h2-7H,1H3. The van der Waals surface area contributed by atoms with Crippen LogP contribution in [0.4, 0.5) is 13.2 Å². The average molecular weight is 270 g/mol. The minimum atomic E-state index is -4.80. The minimum Gasteiger partial charge on any atom is -0.405 e. The van der Waals surface area contributed by atoms with Gasteiger partial charge in [-0.25, -0.2) is 0 Å². The number of halogens is 3. The average Bonchev–Trinajstić information content (AvgIpc) is 2.69. The maximum absolute atomic E-state index is 12.3. The van der Waals surface area contributed by atoms with Crippen molar-refractivity contribution in [3.05, 3.63) is 36.0 Å². The topological polar surface area (TPSA) is 44.1 Å². The number of hydrogen-bond acceptors (Lipinski definition) is 3. The minimum absolute atomic E-state index is 0.113. The van der Waals surface area contributed by atoms with E-state index in [1.807, 2.05) is 0 Å². The van der Waals surface area contributed by atoms with Crippen molar-refractivity contribution in [2.24, 2.45) is 7.05 Å². The van der Waals surface area contributed by atoms with Gasteiger partial charge in [-0.3, -0.25) is 9.48 Å². The molecule has 7 heteroatoms. The molecule has 1 aromatic carbocycles. The summed E-state index contributed by atoms with van der Waals surface area (Å²) in [6.45, 7) is 0. The Morgan fingerprint density at radius 3 is 2.63 bits per heavy atom. The summed E-state index contributed by atoms with van der Waals surface area (Å²) in [5.41, 5.74) is 0.459. The van der Waals surface area contributed by atoms with Crippen LogP contribution in [-0.2, 0) is 7.05 Å². The predicted octanol–water partition coefficient (Wildman–Crippen LogP) is 2.80. The molecule has 0 saturated heterocycles. The number of alkyl halides is 3. The van der Waals surface area contributed by atoms with E-state index in [1.54, 1.807) is 13.1 Å². The fraction of sp³-hybridized carbons (Fsp3) is 0.167. The van der Waals surface area contributed by atoms with E-state index in [2.05, 4.69) is 9.84 Å². The second kappa shape index (κ2) is 4.75. The molecule has 0 radical (unpaired) electrons. The van der Waals surface area contributed by atoms with E-state index < -0.39 is 12.1 Å². The number of nitrogens with zero attached hydrogens (tertiary/aromatic N) is 2. The Kier molecular flexibility index (Phi) is 3.28. The van der Waals surface area contributed by atoms with E-state index >= 15 is 0 Å². The van der Waals surface area contributed by atoms with Crippen LogP contribution in [0.25, 0.3) is 11.3 Å². The molecule has 100 valence electrons. The number of ether oxygens (including phenoxy) is 1. The quantitative estimate of drug-likeness (QED) is 0.805. The molecule has 0 aliphatic carbocycles. The van der Waals surface area contributed by atoms with Crippen LogP contribution in [0.5, 0.6) is 5.75 Å². The summed E-state index contributed by atoms with van der Waals surface area (Å²) in [5, 5.41) is 3.98. The van der Waals surface area contributed by atoms with Gasteiger partial charge in [-0.1, -0.05) is 12.1 Å². The molecule has 1 aromatic heterocycles. The number of carbonyl (C=O) groups excluding carboxylic acids is 1. The molecule has 0 fully saturated rings. The zero-order valence-corrected chi connectivity index (χ0v) is 9.81. The van der Waals surface area contributed by atoms with Gasteiger partial charge >= 0.3 is 6.36 Å². The molecule has 0 aliphatic heterocycles. The summed E-state index contributed by atoms with van der Waals surface area (Å²) >= 11 is 0. The van der Waals surface area contributed by atoms with Crippen molar-refractivity contribution in [3.8, 4) is 17.0 Å². The van der Waals surface area contributed by atoms with Gasteiger partial charge in [0.05, 0.1) is 5.56 Å². The van der Waals surface area contributed by atoms with Gasteiger partial charge in [0.2, 0.25) is 0 Å². The SMILES string of the molecule is Cn1cc(C=O)c(-c2ccccc2OC(F)(F)F)n1. The Hall–Kier alpha value is -2.31. The van der Waals surface area contributed by atoms with Gasteiger partial charge in [0.15, 0.2) is 6.29 Å². The zero-order chi connectivity index (χ0) is 14.0.